The van der Waals surface area contributed by atoms with Crippen molar-refractivity contribution >= 4 is 11.7 Å². The quantitative estimate of drug-likeness (QED) is 0.543. The van der Waals surface area contributed by atoms with Crippen LogP contribution < -0.4 is 15.4 Å². The van der Waals surface area contributed by atoms with Crippen molar-refractivity contribution in [1.29, 1.82) is 0 Å². The molecule has 2 aliphatic rings. The summed E-state index contributed by atoms with van der Waals surface area (Å²) >= 11 is 0. The smallest absolute Gasteiger partial charge is 0.228 e. The minimum atomic E-state index is -0.667. The lowest BCUT2D eigenvalue weighted by atomic mass is 9.85. The van der Waals surface area contributed by atoms with Gasteiger partial charge in [0.05, 0.1) is 12.0 Å². The second-order valence-electron chi connectivity index (χ2n) is 9.05. The number of hydrogen-bond donors (Lipinski definition) is 3. The summed E-state index contributed by atoms with van der Waals surface area (Å²) in [7, 11) is 0. The Kier molecular flexibility index (Phi) is 7.10. The Morgan fingerprint density at radius 1 is 1.33 bits per heavy atom. The minimum Gasteiger partial charge on any atom is -0.490 e. The average molecular weight is 413 g/mol. The fourth-order valence-electron chi connectivity index (χ4n) is 3.77. The number of Topliss-reactive ketones (excluding diaryl/α,β-unsaturated/α-hetero) is 1. The van der Waals surface area contributed by atoms with Gasteiger partial charge in [0.1, 0.15) is 18.5 Å². The molecule has 30 heavy (non-hydrogen) atoms. The van der Waals surface area contributed by atoms with Gasteiger partial charge < -0.3 is 20.5 Å². The molecule has 1 aliphatic carbocycles. The summed E-state index contributed by atoms with van der Waals surface area (Å²) in [6.45, 7) is 6.64. The highest BCUT2D eigenvalue weighted by atomic mass is 16.5. The van der Waals surface area contributed by atoms with Crippen LogP contribution in [0.1, 0.15) is 56.8 Å². The van der Waals surface area contributed by atoms with E-state index in [4.69, 9.17) is 4.74 Å². The molecular weight excluding hydrogens is 380 g/mol. The SMILES string of the molecule is CC(C)(C)NCC(O)COc1ccccc1C(=O)CCC1CC=CC2=C1CC(=O)N2. The van der Waals surface area contributed by atoms with E-state index < -0.39 is 6.10 Å². The summed E-state index contributed by atoms with van der Waals surface area (Å²) in [4.78, 5) is 24.6. The van der Waals surface area contributed by atoms with Crippen molar-refractivity contribution in [2.45, 2.75) is 58.1 Å². The molecule has 1 aromatic rings. The summed E-state index contributed by atoms with van der Waals surface area (Å²) in [6, 6.07) is 7.18. The van der Waals surface area contributed by atoms with Crippen LogP contribution in [-0.4, -0.2) is 41.6 Å². The number of benzene rings is 1. The van der Waals surface area contributed by atoms with Crippen LogP contribution in [0.15, 0.2) is 47.7 Å². The van der Waals surface area contributed by atoms with E-state index in [9.17, 15) is 14.7 Å². The highest BCUT2D eigenvalue weighted by Crippen LogP contribution is 2.34. The molecule has 6 heteroatoms. The molecule has 3 N–H and O–H groups in total. The third kappa shape index (κ3) is 6.03. The third-order valence-electron chi connectivity index (χ3n) is 5.38. The number of β-amino-alcohol motifs (C(OH)–C–C–N with tert-alkyl or cyclic N) is 1. The Labute approximate surface area is 178 Å². The topological polar surface area (TPSA) is 87.7 Å². The van der Waals surface area contributed by atoms with Crippen molar-refractivity contribution in [3.63, 3.8) is 0 Å². The highest BCUT2D eigenvalue weighted by Gasteiger charge is 2.28. The van der Waals surface area contributed by atoms with E-state index in [1.807, 2.05) is 39.0 Å². The summed E-state index contributed by atoms with van der Waals surface area (Å²) in [5.41, 5.74) is 2.48. The first kappa shape index (κ1) is 22.2. The molecule has 0 fully saturated rings. The van der Waals surface area contributed by atoms with Crippen molar-refractivity contribution < 1.29 is 19.4 Å². The molecule has 1 amide bonds. The monoisotopic (exact) mass is 412 g/mol. The molecular formula is C24H32N2O4. The van der Waals surface area contributed by atoms with E-state index in [2.05, 4.69) is 16.7 Å². The van der Waals surface area contributed by atoms with Crippen LogP contribution in [-0.2, 0) is 4.79 Å². The molecule has 2 unspecified atom stereocenters. The number of amides is 1. The fraction of sp³-hybridized carbons (Fsp3) is 0.500. The van der Waals surface area contributed by atoms with Crippen LogP contribution in [0.2, 0.25) is 0 Å². The van der Waals surface area contributed by atoms with Crippen molar-refractivity contribution in [1.82, 2.24) is 10.6 Å². The zero-order valence-electron chi connectivity index (χ0n) is 18.0. The number of carbonyl (C=O) groups is 2. The summed E-state index contributed by atoms with van der Waals surface area (Å²) < 4.78 is 5.77. The molecule has 1 aromatic carbocycles. The van der Waals surface area contributed by atoms with Gasteiger partial charge in [0, 0.05) is 24.2 Å². The van der Waals surface area contributed by atoms with Gasteiger partial charge in [0.15, 0.2) is 5.78 Å². The number of ether oxygens (including phenoxy) is 1. The van der Waals surface area contributed by atoms with E-state index in [0.717, 1.165) is 17.7 Å². The molecule has 6 nitrogen and oxygen atoms in total. The minimum absolute atomic E-state index is 0.0156. The van der Waals surface area contributed by atoms with Gasteiger partial charge in [-0.25, -0.2) is 0 Å². The number of ketones is 1. The van der Waals surface area contributed by atoms with Gasteiger partial charge in [0.25, 0.3) is 0 Å². The summed E-state index contributed by atoms with van der Waals surface area (Å²) in [5.74, 6) is 0.757. The molecule has 0 radical (unpaired) electrons. The Balaban J connectivity index is 1.55. The van der Waals surface area contributed by atoms with Crippen LogP contribution in [0.5, 0.6) is 5.75 Å². The van der Waals surface area contributed by atoms with Crippen LogP contribution in [0.4, 0.5) is 0 Å². The van der Waals surface area contributed by atoms with E-state index in [1.165, 1.54) is 0 Å². The number of carbonyl (C=O) groups excluding carboxylic acids is 2. The van der Waals surface area contributed by atoms with Crippen molar-refractivity contribution in [2.24, 2.45) is 5.92 Å². The number of aliphatic hydroxyl groups is 1. The highest BCUT2D eigenvalue weighted by molar-refractivity contribution is 5.98. The predicted molar refractivity (Wildman–Crippen MR) is 116 cm³/mol. The standard InChI is InChI=1S/C24H32N2O4/c1-24(2,3)25-14-17(27)15-30-22-10-5-4-8-18(22)21(28)12-11-16-7-6-9-20-19(16)13-23(29)26-20/h4-6,8-10,16-17,25,27H,7,11-15H2,1-3H3,(H,26,29). The zero-order chi connectivity index (χ0) is 21.7. The zero-order valence-corrected chi connectivity index (χ0v) is 18.0. The maximum absolute atomic E-state index is 12.9. The number of nitrogens with one attached hydrogen (secondary N) is 2. The molecule has 0 spiro atoms. The Hall–Kier alpha value is -2.44. The van der Waals surface area contributed by atoms with Crippen molar-refractivity contribution in [3.8, 4) is 5.75 Å². The lowest BCUT2D eigenvalue weighted by Crippen LogP contribution is -2.42. The molecule has 162 valence electrons. The first-order valence-electron chi connectivity index (χ1n) is 10.6. The first-order chi connectivity index (χ1) is 14.2. The number of rotatable bonds is 9. The molecule has 0 aromatic heterocycles. The number of aliphatic hydroxyl groups excluding tert-OH is 1. The molecule has 1 aliphatic heterocycles. The second-order valence-corrected chi connectivity index (χ2v) is 9.05. The lowest BCUT2D eigenvalue weighted by Gasteiger charge is -2.23. The maximum atomic E-state index is 12.9. The van der Waals surface area contributed by atoms with E-state index in [-0.39, 0.29) is 29.8 Å². The Morgan fingerprint density at radius 3 is 2.87 bits per heavy atom. The van der Waals surface area contributed by atoms with E-state index in [0.29, 0.717) is 37.1 Å². The number of allylic oxidation sites excluding steroid dienone is 2. The number of hydrogen-bond acceptors (Lipinski definition) is 5. The van der Waals surface area contributed by atoms with Gasteiger partial charge >= 0.3 is 0 Å². The van der Waals surface area contributed by atoms with Gasteiger partial charge in [-0.15, -0.1) is 0 Å². The van der Waals surface area contributed by atoms with Gasteiger partial charge in [-0.1, -0.05) is 18.2 Å². The number of para-hydroxylation sites is 1. The largest absolute Gasteiger partial charge is 0.490 e. The van der Waals surface area contributed by atoms with Gasteiger partial charge in [0.2, 0.25) is 5.91 Å². The van der Waals surface area contributed by atoms with E-state index >= 15 is 0 Å². The Morgan fingerprint density at radius 2 is 2.10 bits per heavy atom. The van der Waals surface area contributed by atoms with Crippen LogP contribution in [0.3, 0.4) is 0 Å². The van der Waals surface area contributed by atoms with Gasteiger partial charge in [-0.3, -0.25) is 9.59 Å². The molecule has 1 heterocycles. The fourth-order valence-corrected chi connectivity index (χ4v) is 3.77. The third-order valence-corrected chi connectivity index (χ3v) is 5.38. The average Bonchev–Trinajstić information content (AvgIpc) is 3.09. The summed E-state index contributed by atoms with van der Waals surface area (Å²) in [5, 5.41) is 16.3. The molecule has 2 atom stereocenters. The Bertz CT molecular complexity index is 851. The lowest BCUT2D eigenvalue weighted by molar-refractivity contribution is -0.118. The molecule has 0 saturated heterocycles. The first-order valence-corrected chi connectivity index (χ1v) is 10.6. The van der Waals surface area contributed by atoms with Crippen LogP contribution in [0, 0.1) is 5.92 Å². The second kappa shape index (κ2) is 9.58. The van der Waals surface area contributed by atoms with Crippen molar-refractivity contribution in [2.75, 3.05) is 13.2 Å². The van der Waals surface area contributed by atoms with Crippen molar-refractivity contribution in [3.05, 3.63) is 53.3 Å². The van der Waals surface area contributed by atoms with Crippen LogP contribution in [0.25, 0.3) is 0 Å². The predicted octanol–water partition coefficient (Wildman–Crippen LogP) is 3.13. The van der Waals surface area contributed by atoms with E-state index in [1.54, 1.807) is 12.1 Å². The summed E-state index contributed by atoms with van der Waals surface area (Å²) in [6.07, 6.45) is 5.72. The normalized spacial score (nSPS) is 19.5. The molecule has 3 rings (SSSR count). The molecule has 0 bridgehead atoms. The maximum Gasteiger partial charge on any atom is 0.228 e. The van der Waals surface area contributed by atoms with Crippen LogP contribution >= 0.6 is 0 Å². The molecule has 0 saturated carbocycles. The van der Waals surface area contributed by atoms with Gasteiger partial charge in [-0.05, 0) is 63.3 Å². The van der Waals surface area contributed by atoms with Gasteiger partial charge in [-0.2, -0.15) is 0 Å².